The van der Waals surface area contributed by atoms with Gasteiger partial charge in [-0.25, -0.2) is 9.18 Å². The molecule has 8 heteroatoms. The standard InChI is InChI=1S/C21H26F3NO4/c1-21(2,3)29-20(27)25-13-6-4-7-14(25)11-12(10-13)18(26)17-15(22)8-5-9-16(17)28-19(23)24/h5,8-9,12-14,19H,4,6-7,10-11H2,1-3H3. The third-order valence-corrected chi connectivity index (χ3v) is 5.39. The van der Waals surface area contributed by atoms with Crippen LogP contribution in [0.15, 0.2) is 18.2 Å². The van der Waals surface area contributed by atoms with Crippen molar-refractivity contribution in [1.82, 2.24) is 4.90 Å². The molecule has 0 spiro atoms. The van der Waals surface area contributed by atoms with E-state index in [1.165, 1.54) is 12.1 Å². The van der Waals surface area contributed by atoms with Gasteiger partial charge in [0.05, 0.1) is 5.56 Å². The van der Waals surface area contributed by atoms with E-state index in [9.17, 15) is 22.8 Å². The highest BCUT2D eigenvalue weighted by atomic mass is 19.3. The molecule has 2 heterocycles. The van der Waals surface area contributed by atoms with E-state index in [-0.39, 0.29) is 12.1 Å². The Morgan fingerprint density at radius 1 is 1.14 bits per heavy atom. The summed E-state index contributed by atoms with van der Waals surface area (Å²) in [5.41, 5.74) is -1.08. The van der Waals surface area contributed by atoms with E-state index in [0.29, 0.717) is 12.8 Å². The van der Waals surface area contributed by atoms with Crippen molar-refractivity contribution in [1.29, 1.82) is 0 Å². The SMILES string of the molecule is CC(C)(C)OC(=O)N1C2CCCC1CC(C(=O)c1c(F)cccc1OC(F)F)C2. The molecule has 0 N–H and O–H groups in total. The van der Waals surface area contributed by atoms with Gasteiger partial charge in [0.15, 0.2) is 5.78 Å². The minimum atomic E-state index is -3.16. The van der Waals surface area contributed by atoms with Crippen LogP contribution in [0.4, 0.5) is 18.0 Å². The molecular formula is C21H26F3NO4. The number of fused-ring (bicyclic) bond motifs is 2. The first-order valence-electron chi connectivity index (χ1n) is 9.85. The third kappa shape index (κ3) is 4.85. The number of carbonyl (C=O) groups is 2. The summed E-state index contributed by atoms with van der Waals surface area (Å²) in [6.07, 6.45) is 2.64. The van der Waals surface area contributed by atoms with E-state index in [4.69, 9.17) is 4.74 Å². The van der Waals surface area contributed by atoms with E-state index < -0.39 is 47.1 Å². The average molecular weight is 413 g/mol. The van der Waals surface area contributed by atoms with Crippen LogP contribution in [0.25, 0.3) is 0 Å². The molecule has 2 atom stereocenters. The number of halogens is 3. The minimum absolute atomic E-state index is 0.197. The summed E-state index contributed by atoms with van der Waals surface area (Å²) in [4.78, 5) is 27.4. The van der Waals surface area contributed by atoms with Gasteiger partial charge in [0.2, 0.25) is 0 Å². The molecule has 0 radical (unpaired) electrons. The Labute approximate surface area is 168 Å². The molecule has 1 aromatic rings. The monoisotopic (exact) mass is 413 g/mol. The Kier molecular flexibility index (Phi) is 6.10. The number of ether oxygens (including phenoxy) is 2. The molecule has 2 bridgehead atoms. The number of ketones is 1. The molecule has 29 heavy (non-hydrogen) atoms. The van der Waals surface area contributed by atoms with Gasteiger partial charge >= 0.3 is 12.7 Å². The number of amides is 1. The number of alkyl halides is 2. The first-order valence-corrected chi connectivity index (χ1v) is 9.85. The fourth-order valence-corrected chi connectivity index (χ4v) is 4.35. The molecule has 1 aromatic carbocycles. The Bertz CT molecular complexity index is 764. The van der Waals surface area contributed by atoms with E-state index in [1.54, 1.807) is 25.7 Å². The predicted molar refractivity (Wildman–Crippen MR) is 99.6 cm³/mol. The molecule has 0 aromatic heterocycles. The Morgan fingerprint density at radius 2 is 1.76 bits per heavy atom. The normalized spacial score (nSPS) is 24.4. The highest BCUT2D eigenvalue weighted by molar-refractivity contribution is 6.00. The van der Waals surface area contributed by atoms with Crippen LogP contribution in [0, 0.1) is 11.7 Å². The Balaban J connectivity index is 1.82. The van der Waals surface area contributed by atoms with Crippen molar-refractivity contribution in [2.75, 3.05) is 0 Å². The van der Waals surface area contributed by atoms with Gasteiger partial charge in [0.25, 0.3) is 0 Å². The number of carbonyl (C=O) groups excluding carboxylic acids is 2. The van der Waals surface area contributed by atoms with Crippen molar-refractivity contribution in [3.05, 3.63) is 29.6 Å². The van der Waals surface area contributed by atoms with Crippen LogP contribution in [0.5, 0.6) is 5.75 Å². The largest absolute Gasteiger partial charge is 0.444 e. The quantitative estimate of drug-likeness (QED) is 0.639. The molecule has 2 saturated heterocycles. The molecule has 2 aliphatic heterocycles. The summed E-state index contributed by atoms with van der Waals surface area (Å²) >= 11 is 0. The number of hydrogen-bond acceptors (Lipinski definition) is 4. The van der Waals surface area contributed by atoms with Crippen LogP contribution in [0.1, 0.15) is 63.2 Å². The lowest BCUT2D eigenvalue weighted by molar-refractivity contribution is -0.0506. The fourth-order valence-electron chi connectivity index (χ4n) is 4.35. The van der Waals surface area contributed by atoms with Crippen LogP contribution in [-0.2, 0) is 4.74 Å². The summed E-state index contributed by atoms with van der Waals surface area (Å²) in [5.74, 6) is -2.46. The minimum Gasteiger partial charge on any atom is -0.444 e. The molecule has 2 aliphatic rings. The number of rotatable bonds is 4. The zero-order valence-electron chi connectivity index (χ0n) is 16.8. The maximum Gasteiger partial charge on any atom is 0.410 e. The summed E-state index contributed by atoms with van der Waals surface area (Å²) in [7, 11) is 0. The van der Waals surface area contributed by atoms with Gasteiger partial charge in [-0.15, -0.1) is 0 Å². The second-order valence-electron chi connectivity index (χ2n) is 8.65. The number of piperidine rings is 2. The average Bonchev–Trinajstić information content (AvgIpc) is 2.58. The zero-order chi connectivity index (χ0) is 21.3. The smallest absolute Gasteiger partial charge is 0.410 e. The molecular weight excluding hydrogens is 387 g/mol. The molecule has 0 saturated carbocycles. The maximum atomic E-state index is 14.4. The topological polar surface area (TPSA) is 55.8 Å². The van der Waals surface area contributed by atoms with Crippen LogP contribution in [-0.4, -0.2) is 41.1 Å². The first kappa shape index (κ1) is 21.5. The van der Waals surface area contributed by atoms with Crippen LogP contribution < -0.4 is 4.74 Å². The highest BCUT2D eigenvalue weighted by Gasteiger charge is 2.45. The van der Waals surface area contributed by atoms with Crippen LogP contribution in [0.2, 0.25) is 0 Å². The molecule has 0 aliphatic carbocycles. The van der Waals surface area contributed by atoms with Gasteiger partial charge < -0.3 is 14.4 Å². The fraction of sp³-hybridized carbons (Fsp3) is 0.619. The zero-order valence-corrected chi connectivity index (χ0v) is 16.8. The van der Waals surface area contributed by atoms with Crippen molar-refractivity contribution in [2.45, 2.75) is 77.2 Å². The van der Waals surface area contributed by atoms with E-state index in [1.807, 2.05) is 0 Å². The predicted octanol–water partition coefficient (Wildman–Crippen LogP) is 5.18. The summed E-state index contributed by atoms with van der Waals surface area (Å²) in [5, 5.41) is 0. The van der Waals surface area contributed by atoms with Crippen molar-refractivity contribution >= 4 is 11.9 Å². The second kappa shape index (κ2) is 8.24. The Hall–Kier alpha value is -2.25. The molecule has 1 amide bonds. The molecule has 2 unspecified atom stereocenters. The van der Waals surface area contributed by atoms with Gasteiger partial charge in [-0.05, 0) is 65.0 Å². The van der Waals surface area contributed by atoms with Crippen LogP contribution in [0.3, 0.4) is 0 Å². The maximum absolute atomic E-state index is 14.4. The van der Waals surface area contributed by atoms with Crippen LogP contribution >= 0.6 is 0 Å². The summed E-state index contributed by atoms with van der Waals surface area (Å²) in [6.45, 7) is 2.22. The summed E-state index contributed by atoms with van der Waals surface area (Å²) < 4.78 is 49.6. The molecule has 160 valence electrons. The van der Waals surface area contributed by atoms with Crippen molar-refractivity contribution in [3.63, 3.8) is 0 Å². The molecule has 3 rings (SSSR count). The van der Waals surface area contributed by atoms with E-state index in [2.05, 4.69) is 4.74 Å². The van der Waals surface area contributed by atoms with E-state index >= 15 is 0 Å². The van der Waals surface area contributed by atoms with Gasteiger partial charge in [-0.1, -0.05) is 6.07 Å². The number of Topliss-reactive ketones (excluding diaryl/α,β-unsaturated/α-hetero) is 1. The van der Waals surface area contributed by atoms with Gasteiger partial charge in [-0.3, -0.25) is 4.79 Å². The molecule has 2 fully saturated rings. The first-order chi connectivity index (χ1) is 13.6. The second-order valence-corrected chi connectivity index (χ2v) is 8.65. The third-order valence-electron chi connectivity index (χ3n) is 5.39. The number of benzene rings is 1. The Morgan fingerprint density at radius 3 is 2.31 bits per heavy atom. The highest BCUT2D eigenvalue weighted by Crippen LogP contribution is 2.40. The van der Waals surface area contributed by atoms with Gasteiger partial charge in [0.1, 0.15) is 17.2 Å². The molecule has 5 nitrogen and oxygen atoms in total. The lowest BCUT2D eigenvalue weighted by Gasteiger charge is -2.48. The van der Waals surface area contributed by atoms with Gasteiger partial charge in [0, 0.05) is 18.0 Å². The van der Waals surface area contributed by atoms with Gasteiger partial charge in [-0.2, -0.15) is 8.78 Å². The van der Waals surface area contributed by atoms with Crippen molar-refractivity contribution in [3.8, 4) is 5.75 Å². The lowest BCUT2D eigenvalue weighted by Crippen LogP contribution is -2.56. The van der Waals surface area contributed by atoms with E-state index in [0.717, 1.165) is 25.3 Å². The van der Waals surface area contributed by atoms with Crippen molar-refractivity contribution in [2.24, 2.45) is 5.92 Å². The number of nitrogens with zero attached hydrogens (tertiary/aromatic N) is 1. The summed E-state index contributed by atoms with van der Waals surface area (Å²) in [6, 6.07) is 3.06. The number of hydrogen-bond donors (Lipinski definition) is 0. The lowest BCUT2D eigenvalue weighted by atomic mass is 9.75. The van der Waals surface area contributed by atoms with Crippen molar-refractivity contribution < 1.29 is 32.2 Å².